The third-order valence-electron chi connectivity index (χ3n) is 3.88. The number of carboxylic acid groups (broad SMARTS) is 1. The van der Waals surface area contributed by atoms with Gasteiger partial charge in [0.05, 0.1) is 7.11 Å². The molecule has 1 aromatic carbocycles. The summed E-state index contributed by atoms with van der Waals surface area (Å²) in [5, 5.41) is 9.61. The first-order chi connectivity index (χ1) is 10.6. The molecular formula is C16H21FN2O3. The minimum absolute atomic E-state index is 0.354. The van der Waals surface area contributed by atoms with Gasteiger partial charge in [0.2, 0.25) is 0 Å². The molecule has 1 atom stereocenters. The summed E-state index contributed by atoms with van der Waals surface area (Å²) < 4.78 is 18.8. The Bertz CT molecular complexity index is 542. The van der Waals surface area contributed by atoms with E-state index in [1.807, 2.05) is 11.0 Å². The Balaban J connectivity index is 2.23. The van der Waals surface area contributed by atoms with Gasteiger partial charge in [-0.15, -0.1) is 6.58 Å². The fourth-order valence-corrected chi connectivity index (χ4v) is 2.79. The van der Waals surface area contributed by atoms with Crippen molar-refractivity contribution >= 4 is 5.97 Å². The number of hydrogen-bond acceptors (Lipinski definition) is 4. The molecule has 0 spiro atoms. The molecule has 1 aromatic rings. The van der Waals surface area contributed by atoms with Crippen molar-refractivity contribution < 1.29 is 19.0 Å². The number of hydrogen-bond donors (Lipinski definition) is 1. The van der Waals surface area contributed by atoms with Crippen molar-refractivity contribution in [2.75, 3.05) is 39.8 Å². The van der Waals surface area contributed by atoms with Crippen molar-refractivity contribution in [3.63, 3.8) is 0 Å². The average Bonchev–Trinajstić information content (AvgIpc) is 2.49. The molecule has 0 bridgehead atoms. The van der Waals surface area contributed by atoms with Gasteiger partial charge in [0, 0.05) is 38.3 Å². The molecule has 6 heteroatoms. The van der Waals surface area contributed by atoms with Crippen LogP contribution in [0.3, 0.4) is 0 Å². The van der Waals surface area contributed by atoms with Crippen LogP contribution in [0.15, 0.2) is 30.9 Å². The molecule has 1 aliphatic heterocycles. The average molecular weight is 308 g/mol. The van der Waals surface area contributed by atoms with Gasteiger partial charge in [-0.3, -0.25) is 14.6 Å². The molecule has 22 heavy (non-hydrogen) atoms. The third kappa shape index (κ3) is 3.64. The normalized spacial score (nSPS) is 17.9. The summed E-state index contributed by atoms with van der Waals surface area (Å²) in [6.07, 6.45) is 1.83. The highest BCUT2D eigenvalue weighted by Crippen LogP contribution is 2.31. The monoisotopic (exact) mass is 308 g/mol. The second-order valence-electron chi connectivity index (χ2n) is 5.25. The van der Waals surface area contributed by atoms with E-state index in [-0.39, 0.29) is 0 Å². The van der Waals surface area contributed by atoms with E-state index in [2.05, 4.69) is 11.5 Å². The highest BCUT2D eigenvalue weighted by molar-refractivity contribution is 5.76. The zero-order valence-corrected chi connectivity index (χ0v) is 12.7. The van der Waals surface area contributed by atoms with Crippen LogP contribution >= 0.6 is 0 Å². The van der Waals surface area contributed by atoms with Gasteiger partial charge >= 0.3 is 5.97 Å². The molecule has 1 N–H and O–H groups in total. The Kier molecular flexibility index (Phi) is 5.51. The van der Waals surface area contributed by atoms with Gasteiger partial charge in [0.1, 0.15) is 17.6 Å². The van der Waals surface area contributed by atoms with Gasteiger partial charge in [-0.1, -0.05) is 6.08 Å². The van der Waals surface area contributed by atoms with Gasteiger partial charge < -0.3 is 9.84 Å². The predicted octanol–water partition coefficient (Wildman–Crippen LogP) is 1.76. The highest BCUT2D eigenvalue weighted by Gasteiger charge is 2.32. The van der Waals surface area contributed by atoms with Crippen LogP contribution in [-0.4, -0.2) is 60.7 Å². The maximum absolute atomic E-state index is 13.6. The lowest BCUT2D eigenvalue weighted by Crippen LogP contribution is -2.49. The number of ether oxygens (including phenoxy) is 1. The van der Waals surface area contributed by atoms with Crippen LogP contribution in [0.4, 0.5) is 4.39 Å². The zero-order valence-electron chi connectivity index (χ0n) is 12.7. The van der Waals surface area contributed by atoms with Crippen LogP contribution in [-0.2, 0) is 4.79 Å². The van der Waals surface area contributed by atoms with Gasteiger partial charge in [-0.05, 0) is 18.2 Å². The predicted molar refractivity (Wildman–Crippen MR) is 81.5 cm³/mol. The Morgan fingerprint density at radius 3 is 2.68 bits per heavy atom. The number of piperazine rings is 1. The Morgan fingerprint density at radius 1 is 1.45 bits per heavy atom. The lowest BCUT2D eigenvalue weighted by molar-refractivity contribution is -0.144. The zero-order chi connectivity index (χ0) is 16.1. The maximum atomic E-state index is 13.6. The van der Waals surface area contributed by atoms with E-state index in [0.29, 0.717) is 24.4 Å². The standard InChI is InChI=1S/C16H21FN2O3/c1-3-6-18-7-9-19(10-8-18)15(16(20)21)13-11-12(17)4-5-14(13)22-2/h3-5,11,15H,1,6-10H2,2H3,(H,20,21)/t15-/m1/s1. The summed E-state index contributed by atoms with van der Waals surface area (Å²) in [4.78, 5) is 15.8. The van der Waals surface area contributed by atoms with Crippen molar-refractivity contribution in [1.29, 1.82) is 0 Å². The van der Waals surface area contributed by atoms with Crippen LogP contribution < -0.4 is 4.74 Å². The summed E-state index contributed by atoms with van der Waals surface area (Å²) in [7, 11) is 1.46. The van der Waals surface area contributed by atoms with Crippen molar-refractivity contribution in [3.8, 4) is 5.75 Å². The first kappa shape index (κ1) is 16.5. The number of rotatable bonds is 6. The molecule has 0 aromatic heterocycles. The number of aliphatic carboxylic acids is 1. The van der Waals surface area contributed by atoms with Gasteiger partial charge in [-0.25, -0.2) is 4.39 Å². The maximum Gasteiger partial charge on any atom is 0.325 e. The van der Waals surface area contributed by atoms with Crippen molar-refractivity contribution in [2.24, 2.45) is 0 Å². The van der Waals surface area contributed by atoms with E-state index in [1.54, 1.807) is 0 Å². The van der Waals surface area contributed by atoms with Gasteiger partial charge in [0.15, 0.2) is 0 Å². The fraction of sp³-hybridized carbons (Fsp3) is 0.438. The number of halogens is 1. The first-order valence-corrected chi connectivity index (χ1v) is 7.20. The highest BCUT2D eigenvalue weighted by atomic mass is 19.1. The first-order valence-electron chi connectivity index (χ1n) is 7.20. The Morgan fingerprint density at radius 2 is 2.14 bits per heavy atom. The summed E-state index contributed by atoms with van der Waals surface area (Å²) in [6.45, 7) is 7.21. The van der Waals surface area contributed by atoms with Crippen LogP contribution in [0.1, 0.15) is 11.6 Å². The van der Waals surface area contributed by atoms with E-state index in [0.717, 1.165) is 19.6 Å². The molecule has 0 amide bonds. The van der Waals surface area contributed by atoms with Crippen LogP contribution in [0.25, 0.3) is 0 Å². The Labute approximate surface area is 129 Å². The van der Waals surface area contributed by atoms with E-state index in [9.17, 15) is 14.3 Å². The second kappa shape index (κ2) is 7.38. The molecule has 1 aliphatic rings. The molecule has 2 rings (SSSR count). The van der Waals surface area contributed by atoms with Crippen LogP contribution in [0.5, 0.6) is 5.75 Å². The van der Waals surface area contributed by atoms with Gasteiger partial charge in [0.25, 0.3) is 0 Å². The summed E-state index contributed by atoms with van der Waals surface area (Å²) in [5.41, 5.74) is 0.354. The summed E-state index contributed by atoms with van der Waals surface area (Å²) in [6, 6.07) is 3.07. The molecule has 1 heterocycles. The largest absolute Gasteiger partial charge is 0.496 e. The van der Waals surface area contributed by atoms with Crippen LogP contribution in [0.2, 0.25) is 0 Å². The Hall–Kier alpha value is -1.92. The van der Waals surface area contributed by atoms with Gasteiger partial charge in [-0.2, -0.15) is 0 Å². The molecular weight excluding hydrogens is 287 g/mol. The molecule has 0 radical (unpaired) electrons. The smallest absolute Gasteiger partial charge is 0.325 e. The van der Waals surface area contributed by atoms with E-state index in [1.165, 1.54) is 25.3 Å². The lowest BCUT2D eigenvalue weighted by atomic mass is 10.0. The summed E-state index contributed by atoms with van der Waals surface area (Å²) >= 11 is 0. The van der Waals surface area contributed by atoms with Crippen molar-refractivity contribution in [3.05, 3.63) is 42.2 Å². The molecule has 5 nitrogen and oxygen atoms in total. The number of benzene rings is 1. The molecule has 1 saturated heterocycles. The van der Waals surface area contributed by atoms with E-state index < -0.39 is 17.8 Å². The topological polar surface area (TPSA) is 53.0 Å². The van der Waals surface area contributed by atoms with Crippen molar-refractivity contribution in [2.45, 2.75) is 6.04 Å². The number of methoxy groups -OCH3 is 1. The molecule has 1 fully saturated rings. The number of carboxylic acids is 1. The molecule has 0 unspecified atom stereocenters. The molecule has 0 aliphatic carbocycles. The lowest BCUT2D eigenvalue weighted by Gasteiger charge is -2.37. The fourth-order valence-electron chi connectivity index (χ4n) is 2.79. The quantitative estimate of drug-likeness (QED) is 0.812. The SMILES string of the molecule is C=CCN1CCN([C@@H](C(=O)O)c2cc(F)ccc2OC)CC1. The number of carbonyl (C=O) groups is 1. The van der Waals surface area contributed by atoms with Crippen LogP contribution in [0, 0.1) is 5.82 Å². The minimum Gasteiger partial charge on any atom is -0.496 e. The minimum atomic E-state index is -0.999. The third-order valence-corrected chi connectivity index (χ3v) is 3.88. The summed E-state index contributed by atoms with van der Waals surface area (Å²) in [5.74, 6) is -1.07. The van der Waals surface area contributed by atoms with E-state index in [4.69, 9.17) is 4.74 Å². The number of nitrogens with zero attached hydrogens (tertiary/aromatic N) is 2. The van der Waals surface area contributed by atoms with Crippen molar-refractivity contribution in [1.82, 2.24) is 9.80 Å². The molecule has 120 valence electrons. The second-order valence-corrected chi connectivity index (χ2v) is 5.25. The molecule has 0 saturated carbocycles. The van der Waals surface area contributed by atoms with E-state index >= 15 is 0 Å².